The maximum atomic E-state index is 14.5. The van der Waals surface area contributed by atoms with Gasteiger partial charge in [0.1, 0.15) is 12.4 Å². The van der Waals surface area contributed by atoms with Crippen LogP contribution >= 0.6 is 0 Å². The summed E-state index contributed by atoms with van der Waals surface area (Å²) in [7, 11) is 0. The van der Waals surface area contributed by atoms with Gasteiger partial charge < -0.3 is 15.2 Å². The van der Waals surface area contributed by atoms with Gasteiger partial charge in [0.05, 0.1) is 16.9 Å². The van der Waals surface area contributed by atoms with Crippen molar-refractivity contribution in [3.8, 4) is 0 Å². The molecule has 6 heteroatoms. The van der Waals surface area contributed by atoms with Gasteiger partial charge in [-0.3, -0.25) is 0 Å². The third-order valence-electron chi connectivity index (χ3n) is 6.12. The van der Waals surface area contributed by atoms with Gasteiger partial charge in [-0.1, -0.05) is 0 Å². The number of carbonyl (C=O) groups is 1. The predicted octanol–water partition coefficient (Wildman–Crippen LogP) is 2.85. The Morgan fingerprint density at radius 3 is 2.89 bits per heavy atom. The summed E-state index contributed by atoms with van der Waals surface area (Å²) >= 11 is 0. The fourth-order valence-electron chi connectivity index (χ4n) is 4.58. The first-order valence-electron chi connectivity index (χ1n) is 9.59. The Hall–Kier alpha value is -2.73. The molecule has 5 nitrogen and oxygen atoms in total. The van der Waals surface area contributed by atoms with Crippen molar-refractivity contribution in [1.82, 2.24) is 10.3 Å². The molecule has 2 N–H and O–H groups in total. The van der Waals surface area contributed by atoms with E-state index in [4.69, 9.17) is 9.72 Å². The minimum Gasteiger partial charge on any atom is -0.459 e. The lowest BCUT2D eigenvalue weighted by atomic mass is 9.85. The molecular weight excluding hydrogens is 359 g/mol. The fourth-order valence-corrected chi connectivity index (χ4v) is 4.58. The summed E-state index contributed by atoms with van der Waals surface area (Å²) in [5.41, 5.74) is 7.74. The number of pyridine rings is 1. The van der Waals surface area contributed by atoms with Crippen LogP contribution in [0.4, 0.5) is 4.39 Å². The van der Waals surface area contributed by atoms with E-state index in [1.165, 1.54) is 11.6 Å². The smallest absolute Gasteiger partial charge is 0.339 e. The van der Waals surface area contributed by atoms with E-state index in [2.05, 4.69) is 5.32 Å². The molecule has 28 heavy (non-hydrogen) atoms. The number of rotatable bonds is 1. The van der Waals surface area contributed by atoms with Crippen LogP contribution in [-0.4, -0.2) is 28.8 Å². The van der Waals surface area contributed by atoms with Gasteiger partial charge >= 0.3 is 5.97 Å². The number of aliphatic hydroxyl groups is 1. The summed E-state index contributed by atoms with van der Waals surface area (Å²) in [6.07, 6.45) is 3.32. The third-order valence-corrected chi connectivity index (χ3v) is 6.12. The quantitative estimate of drug-likeness (QED) is 0.745. The van der Waals surface area contributed by atoms with Gasteiger partial charge in [0.15, 0.2) is 6.10 Å². The number of nitrogens with zero attached hydrogens (tertiary/aromatic N) is 1. The van der Waals surface area contributed by atoms with Crippen molar-refractivity contribution in [2.24, 2.45) is 0 Å². The summed E-state index contributed by atoms with van der Waals surface area (Å²) in [6, 6.07) is 1.52. The van der Waals surface area contributed by atoms with E-state index in [-0.39, 0.29) is 12.4 Å². The molecule has 0 spiro atoms. The van der Waals surface area contributed by atoms with Crippen LogP contribution < -0.4 is 5.32 Å². The molecule has 3 heterocycles. The van der Waals surface area contributed by atoms with Crippen LogP contribution in [0.3, 0.4) is 0 Å². The van der Waals surface area contributed by atoms with Crippen LogP contribution in [0.2, 0.25) is 0 Å². The lowest BCUT2D eigenvalue weighted by molar-refractivity contribution is -0.151. The Bertz CT molecular complexity index is 1120. The van der Waals surface area contributed by atoms with Crippen LogP contribution in [0.5, 0.6) is 0 Å². The number of hydrogen-bond donors (Lipinski definition) is 2. The number of fused-ring (bicyclic) bond motifs is 2. The molecule has 0 amide bonds. The maximum Gasteiger partial charge on any atom is 0.339 e. The first-order chi connectivity index (χ1) is 13.5. The summed E-state index contributed by atoms with van der Waals surface area (Å²) < 4.78 is 19.4. The molecule has 144 valence electrons. The van der Waals surface area contributed by atoms with E-state index in [0.717, 1.165) is 58.3 Å². The highest BCUT2D eigenvalue weighted by Gasteiger charge is 2.31. The lowest BCUT2D eigenvalue weighted by Crippen LogP contribution is -2.31. The Labute approximate surface area is 161 Å². The zero-order valence-corrected chi connectivity index (χ0v) is 15.9. The number of aryl methyl sites for hydroxylation is 2. The number of nitrogens with one attached hydrogen (secondary N) is 1. The number of halogens is 1. The number of ether oxygens (including phenoxy) is 1. The first kappa shape index (κ1) is 17.4. The molecule has 1 aromatic heterocycles. The molecule has 1 aliphatic carbocycles. The zero-order valence-electron chi connectivity index (χ0n) is 15.9. The third kappa shape index (κ3) is 2.41. The lowest BCUT2D eigenvalue weighted by Gasteiger charge is -2.22. The van der Waals surface area contributed by atoms with Gasteiger partial charge in [0.25, 0.3) is 0 Å². The average molecular weight is 380 g/mol. The average Bonchev–Trinajstić information content (AvgIpc) is 3.09. The molecule has 0 unspecified atom stereocenters. The Morgan fingerprint density at radius 2 is 2.07 bits per heavy atom. The highest BCUT2D eigenvalue weighted by molar-refractivity contribution is 5.92. The van der Waals surface area contributed by atoms with E-state index in [1.807, 2.05) is 13.8 Å². The molecule has 1 aromatic carbocycles. The summed E-state index contributed by atoms with van der Waals surface area (Å²) in [5.74, 6) is -0.859. The summed E-state index contributed by atoms with van der Waals surface area (Å²) in [6.45, 7) is 4.49. The summed E-state index contributed by atoms with van der Waals surface area (Å²) in [4.78, 5) is 16.5. The largest absolute Gasteiger partial charge is 0.459 e. The Balaban J connectivity index is 1.72. The molecule has 0 bridgehead atoms. The van der Waals surface area contributed by atoms with E-state index in [1.54, 1.807) is 6.08 Å². The topological polar surface area (TPSA) is 71.5 Å². The standard InChI is InChI=1S/C22H21FN2O3/c1-10-9-28-22(27)21(26)14(10)6-18-20-15(8-24-18)13-5-3-4-12-11(2)16(23)7-17(25-20)19(12)13/h6-7,21,24,26H,3-5,8-9H2,1-2H3/b18-6-/t21-/m0/s1. The molecule has 1 atom stereocenters. The second-order valence-corrected chi connectivity index (χ2v) is 7.78. The number of hydrogen-bond acceptors (Lipinski definition) is 5. The van der Waals surface area contributed by atoms with Gasteiger partial charge in [-0.25, -0.2) is 14.2 Å². The van der Waals surface area contributed by atoms with E-state index >= 15 is 0 Å². The van der Waals surface area contributed by atoms with Crippen LogP contribution in [0.1, 0.15) is 41.3 Å². The van der Waals surface area contributed by atoms with Crippen LogP contribution in [0, 0.1) is 12.7 Å². The Morgan fingerprint density at radius 1 is 1.29 bits per heavy atom. The van der Waals surface area contributed by atoms with Crippen LogP contribution in [-0.2, 0) is 28.9 Å². The second kappa shape index (κ2) is 6.14. The first-order valence-corrected chi connectivity index (χ1v) is 9.59. The molecular formula is C22H21FN2O3. The number of aliphatic hydroxyl groups excluding tert-OH is 1. The fraction of sp³-hybridized carbons (Fsp3) is 0.364. The number of benzene rings is 1. The molecule has 0 saturated carbocycles. The van der Waals surface area contributed by atoms with Gasteiger partial charge in [-0.05, 0) is 67.0 Å². The van der Waals surface area contributed by atoms with Crippen molar-refractivity contribution in [3.63, 3.8) is 0 Å². The number of carbonyl (C=O) groups excluding carboxylic acids is 1. The number of cyclic esters (lactones) is 1. The SMILES string of the molecule is CC1=C(/C=C2\NCc3c2nc2cc(F)c(C)c4c2c3CCC4)[C@H](O)C(=O)OC1. The van der Waals surface area contributed by atoms with Crippen molar-refractivity contribution < 1.29 is 19.0 Å². The Kier molecular flexibility index (Phi) is 3.81. The normalized spacial score (nSPS) is 22.5. The molecule has 5 rings (SSSR count). The molecule has 0 saturated heterocycles. The van der Waals surface area contributed by atoms with Crippen molar-refractivity contribution in [2.75, 3.05) is 6.61 Å². The van der Waals surface area contributed by atoms with Gasteiger partial charge in [0.2, 0.25) is 0 Å². The molecule has 3 aliphatic rings. The molecule has 0 radical (unpaired) electrons. The van der Waals surface area contributed by atoms with Crippen LogP contribution in [0.15, 0.2) is 23.3 Å². The van der Waals surface area contributed by atoms with Gasteiger partial charge in [-0.15, -0.1) is 0 Å². The van der Waals surface area contributed by atoms with E-state index < -0.39 is 12.1 Å². The minimum atomic E-state index is -1.29. The monoisotopic (exact) mass is 380 g/mol. The second-order valence-electron chi connectivity index (χ2n) is 7.78. The predicted molar refractivity (Wildman–Crippen MR) is 103 cm³/mol. The van der Waals surface area contributed by atoms with Crippen LogP contribution in [0.25, 0.3) is 16.6 Å². The van der Waals surface area contributed by atoms with Crippen molar-refractivity contribution >= 4 is 22.6 Å². The minimum absolute atomic E-state index is 0.173. The molecule has 0 fully saturated rings. The number of aromatic nitrogens is 1. The highest BCUT2D eigenvalue weighted by Crippen LogP contribution is 2.39. The zero-order chi connectivity index (χ0) is 19.6. The number of esters is 1. The van der Waals surface area contributed by atoms with Gasteiger partial charge in [-0.2, -0.15) is 0 Å². The molecule has 2 aromatic rings. The van der Waals surface area contributed by atoms with Crippen molar-refractivity contribution in [3.05, 3.63) is 57.1 Å². The highest BCUT2D eigenvalue weighted by atomic mass is 19.1. The van der Waals surface area contributed by atoms with Gasteiger partial charge in [0, 0.05) is 23.6 Å². The van der Waals surface area contributed by atoms with E-state index in [9.17, 15) is 14.3 Å². The summed E-state index contributed by atoms with van der Waals surface area (Å²) in [5, 5.41) is 14.7. The maximum absolute atomic E-state index is 14.5. The van der Waals surface area contributed by atoms with Crippen molar-refractivity contribution in [1.29, 1.82) is 0 Å². The molecule has 2 aliphatic heterocycles. The van der Waals surface area contributed by atoms with E-state index in [0.29, 0.717) is 17.6 Å². The van der Waals surface area contributed by atoms with Crippen molar-refractivity contribution in [2.45, 2.75) is 45.8 Å².